The highest BCUT2D eigenvalue weighted by molar-refractivity contribution is 7.80. The van der Waals surface area contributed by atoms with Crippen LogP contribution in [0.4, 0.5) is 0 Å². The predicted octanol–water partition coefficient (Wildman–Crippen LogP) is 2.64. The largest absolute Gasteiger partial charge is 0.452 e. The third-order valence-corrected chi connectivity index (χ3v) is 3.76. The number of hydrogen-bond donors (Lipinski definition) is 2. The fourth-order valence-electron chi connectivity index (χ4n) is 2.06. The standard InChI is InChI=1S/C17H25NO4S/c1-10(2)12-6-5-7-13(11(3)4)16(12)22-15(19)8-21-17(20)14(18)9-23/h5-7,10-11,14,23H,8-9,18H2,1-4H3/t14-/m0/s1. The highest BCUT2D eigenvalue weighted by Crippen LogP contribution is 2.34. The number of carbonyl (C=O) groups excluding carboxylic acids is 2. The third kappa shape index (κ3) is 5.55. The van der Waals surface area contributed by atoms with Crippen LogP contribution in [0.5, 0.6) is 5.75 Å². The van der Waals surface area contributed by atoms with Crippen molar-refractivity contribution in [2.24, 2.45) is 5.73 Å². The molecule has 6 heteroatoms. The zero-order valence-electron chi connectivity index (χ0n) is 14.0. The molecule has 2 N–H and O–H groups in total. The van der Waals surface area contributed by atoms with E-state index in [4.69, 9.17) is 15.2 Å². The van der Waals surface area contributed by atoms with E-state index in [1.807, 2.05) is 45.9 Å². The van der Waals surface area contributed by atoms with Crippen molar-refractivity contribution >= 4 is 24.6 Å². The second kappa shape index (κ2) is 8.93. The Bertz CT molecular complexity index is 531. The molecule has 0 amide bonds. The molecule has 0 aliphatic rings. The Kier molecular flexibility index (Phi) is 7.58. The highest BCUT2D eigenvalue weighted by atomic mass is 32.1. The number of rotatable bonds is 7. The zero-order valence-corrected chi connectivity index (χ0v) is 14.9. The van der Waals surface area contributed by atoms with Crippen LogP contribution in [0.1, 0.15) is 50.7 Å². The average molecular weight is 339 g/mol. The van der Waals surface area contributed by atoms with E-state index in [1.165, 1.54) is 0 Å². The number of benzene rings is 1. The Morgan fingerprint density at radius 1 is 1.13 bits per heavy atom. The van der Waals surface area contributed by atoms with E-state index >= 15 is 0 Å². The van der Waals surface area contributed by atoms with Gasteiger partial charge in [0.15, 0.2) is 6.61 Å². The van der Waals surface area contributed by atoms with Crippen molar-refractivity contribution in [3.8, 4) is 5.75 Å². The summed E-state index contributed by atoms with van der Waals surface area (Å²) in [4.78, 5) is 23.5. The van der Waals surface area contributed by atoms with Gasteiger partial charge in [-0.2, -0.15) is 12.6 Å². The molecule has 5 nitrogen and oxygen atoms in total. The van der Waals surface area contributed by atoms with Crippen LogP contribution in [0.15, 0.2) is 18.2 Å². The molecule has 128 valence electrons. The number of esters is 2. The lowest BCUT2D eigenvalue weighted by Gasteiger charge is -2.19. The van der Waals surface area contributed by atoms with Gasteiger partial charge in [0, 0.05) is 5.75 Å². The molecule has 1 atom stereocenters. The fourth-order valence-corrected chi connectivity index (χ4v) is 2.20. The second-order valence-corrected chi connectivity index (χ2v) is 6.31. The summed E-state index contributed by atoms with van der Waals surface area (Å²) < 4.78 is 10.3. The molecule has 0 aliphatic carbocycles. The minimum absolute atomic E-state index is 0.154. The zero-order chi connectivity index (χ0) is 17.6. The molecule has 0 saturated carbocycles. The number of hydrogen-bond acceptors (Lipinski definition) is 6. The molecule has 0 unspecified atom stereocenters. The van der Waals surface area contributed by atoms with Crippen LogP contribution >= 0.6 is 12.6 Å². The molecule has 1 rings (SSSR count). The first-order valence-electron chi connectivity index (χ1n) is 7.64. The molecule has 0 aromatic heterocycles. The maximum absolute atomic E-state index is 12.0. The van der Waals surface area contributed by atoms with Crippen molar-refractivity contribution in [1.82, 2.24) is 0 Å². The summed E-state index contributed by atoms with van der Waals surface area (Å²) in [7, 11) is 0. The smallest absolute Gasteiger partial charge is 0.349 e. The van der Waals surface area contributed by atoms with Gasteiger partial charge in [-0.15, -0.1) is 0 Å². The summed E-state index contributed by atoms with van der Waals surface area (Å²) in [5.74, 6) is -0.176. The quantitative estimate of drug-likeness (QED) is 0.453. The summed E-state index contributed by atoms with van der Waals surface area (Å²) in [5, 5.41) is 0. The highest BCUT2D eigenvalue weighted by Gasteiger charge is 2.20. The summed E-state index contributed by atoms with van der Waals surface area (Å²) in [6.07, 6.45) is 0. The van der Waals surface area contributed by atoms with Gasteiger partial charge in [-0.25, -0.2) is 4.79 Å². The summed E-state index contributed by atoms with van der Waals surface area (Å²) in [6.45, 7) is 7.65. The van der Waals surface area contributed by atoms with Gasteiger partial charge in [-0.3, -0.25) is 4.79 Å². The number of carbonyl (C=O) groups is 2. The average Bonchev–Trinajstić information content (AvgIpc) is 2.51. The van der Waals surface area contributed by atoms with Crippen LogP contribution in [0.2, 0.25) is 0 Å². The summed E-state index contributed by atoms with van der Waals surface area (Å²) >= 11 is 3.91. The Hall–Kier alpha value is -1.53. The molecule has 1 aromatic rings. The molecule has 0 saturated heterocycles. The van der Waals surface area contributed by atoms with Gasteiger partial charge in [-0.05, 0) is 23.0 Å². The molecule has 23 heavy (non-hydrogen) atoms. The summed E-state index contributed by atoms with van der Waals surface area (Å²) in [6, 6.07) is 4.97. The van der Waals surface area contributed by atoms with E-state index in [9.17, 15) is 9.59 Å². The van der Waals surface area contributed by atoms with Gasteiger partial charge in [0.1, 0.15) is 11.8 Å². The molecular formula is C17H25NO4S. The number of nitrogens with two attached hydrogens (primary N) is 1. The predicted molar refractivity (Wildman–Crippen MR) is 93.0 cm³/mol. The molecule has 0 heterocycles. The number of para-hydroxylation sites is 1. The van der Waals surface area contributed by atoms with E-state index in [0.717, 1.165) is 11.1 Å². The lowest BCUT2D eigenvalue weighted by Crippen LogP contribution is -2.35. The molecular weight excluding hydrogens is 314 g/mol. The van der Waals surface area contributed by atoms with Crippen LogP contribution in [-0.4, -0.2) is 30.3 Å². The van der Waals surface area contributed by atoms with E-state index in [1.54, 1.807) is 0 Å². The van der Waals surface area contributed by atoms with Gasteiger partial charge in [0.25, 0.3) is 0 Å². The SMILES string of the molecule is CC(C)c1cccc(C(C)C)c1OC(=O)COC(=O)[C@@H](N)CS. The van der Waals surface area contributed by atoms with Crippen molar-refractivity contribution in [1.29, 1.82) is 0 Å². The molecule has 0 bridgehead atoms. The normalized spacial score (nSPS) is 12.3. The monoisotopic (exact) mass is 339 g/mol. The number of ether oxygens (including phenoxy) is 2. The molecule has 1 aromatic carbocycles. The Labute approximate surface area is 142 Å². The van der Waals surface area contributed by atoms with Crippen LogP contribution in [-0.2, 0) is 14.3 Å². The summed E-state index contributed by atoms with van der Waals surface area (Å²) in [5.41, 5.74) is 7.37. The Balaban J connectivity index is 2.87. The van der Waals surface area contributed by atoms with Crippen LogP contribution < -0.4 is 10.5 Å². The first-order chi connectivity index (χ1) is 10.8. The fraction of sp³-hybridized carbons (Fsp3) is 0.529. The van der Waals surface area contributed by atoms with Gasteiger partial charge in [0.2, 0.25) is 0 Å². The maximum atomic E-state index is 12.0. The lowest BCUT2D eigenvalue weighted by molar-refractivity contribution is -0.154. The van der Waals surface area contributed by atoms with E-state index in [0.29, 0.717) is 5.75 Å². The first-order valence-corrected chi connectivity index (χ1v) is 8.27. The number of thiol groups is 1. The van der Waals surface area contributed by atoms with Crippen molar-refractivity contribution in [3.05, 3.63) is 29.3 Å². The second-order valence-electron chi connectivity index (χ2n) is 5.95. The first kappa shape index (κ1) is 19.5. The van der Waals surface area contributed by atoms with Gasteiger partial charge >= 0.3 is 11.9 Å². The van der Waals surface area contributed by atoms with Crippen molar-refractivity contribution in [2.75, 3.05) is 12.4 Å². The lowest BCUT2D eigenvalue weighted by atomic mass is 9.94. The van der Waals surface area contributed by atoms with Gasteiger partial charge in [-0.1, -0.05) is 45.9 Å². The van der Waals surface area contributed by atoms with Crippen LogP contribution in [0.25, 0.3) is 0 Å². The Morgan fingerprint density at radius 2 is 1.65 bits per heavy atom. The van der Waals surface area contributed by atoms with E-state index < -0.39 is 24.6 Å². The van der Waals surface area contributed by atoms with Crippen molar-refractivity contribution in [3.63, 3.8) is 0 Å². The molecule has 0 aliphatic heterocycles. The van der Waals surface area contributed by atoms with E-state index in [-0.39, 0.29) is 17.6 Å². The Morgan fingerprint density at radius 3 is 2.09 bits per heavy atom. The van der Waals surface area contributed by atoms with Crippen LogP contribution in [0.3, 0.4) is 0 Å². The minimum Gasteiger partial charge on any atom is -0.452 e. The van der Waals surface area contributed by atoms with Crippen molar-refractivity contribution < 1.29 is 19.1 Å². The minimum atomic E-state index is -0.847. The molecule has 0 fully saturated rings. The van der Waals surface area contributed by atoms with Gasteiger partial charge in [0.05, 0.1) is 0 Å². The third-order valence-electron chi connectivity index (χ3n) is 3.37. The van der Waals surface area contributed by atoms with Crippen LogP contribution in [0, 0.1) is 0 Å². The molecule has 0 spiro atoms. The van der Waals surface area contributed by atoms with E-state index in [2.05, 4.69) is 12.6 Å². The molecule has 0 radical (unpaired) electrons. The van der Waals surface area contributed by atoms with Crippen molar-refractivity contribution in [2.45, 2.75) is 45.6 Å². The topological polar surface area (TPSA) is 78.6 Å². The maximum Gasteiger partial charge on any atom is 0.349 e. The van der Waals surface area contributed by atoms with Gasteiger partial charge < -0.3 is 15.2 Å².